The lowest BCUT2D eigenvalue weighted by Gasteiger charge is -2.29. The minimum atomic E-state index is -0.280. The number of nitrogens with zero attached hydrogens (tertiary/aromatic N) is 1. The van der Waals surface area contributed by atoms with Gasteiger partial charge in [-0.1, -0.05) is 18.2 Å². The standard InChI is InChI=1S/C15H19FN2O/c1-10(12-8-17-9-12)15(19)18(3)11(2)13-6-4-5-7-14(13)16/h4-7,11,17H,8-9H2,1-3H3. The van der Waals surface area contributed by atoms with Crippen LogP contribution in [0.5, 0.6) is 0 Å². The quantitative estimate of drug-likeness (QED) is 0.847. The number of benzene rings is 1. The number of halogens is 1. The molecular weight excluding hydrogens is 243 g/mol. The summed E-state index contributed by atoms with van der Waals surface area (Å²) in [6.07, 6.45) is 0. The number of hydrogen-bond donors (Lipinski definition) is 1. The van der Waals surface area contributed by atoms with Crippen LogP contribution >= 0.6 is 0 Å². The van der Waals surface area contributed by atoms with Crippen LogP contribution in [0.25, 0.3) is 0 Å². The van der Waals surface area contributed by atoms with Gasteiger partial charge in [0.15, 0.2) is 0 Å². The van der Waals surface area contributed by atoms with E-state index < -0.39 is 0 Å². The first kappa shape index (κ1) is 13.7. The molecule has 1 aliphatic heterocycles. The van der Waals surface area contributed by atoms with E-state index in [1.54, 1.807) is 30.1 Å². The van der Waals surface area contributed by atoms with Crippen LogP contribution in [0.4, 0.5) is 4.39 Å². The van der Waals surface area contributed by atoms with Gasteiger partial charge in [0.1, 0.15) is 5.82 Å². The predicted molar refractivity (Wildman–Crippen MR) is 73.2 cm³/mol. The van der Waals surface area contributed by atoms with E-state index in [9.17, 15) is 9.18 Å². The monoisotopic (exact) mass is 262 g/mol. The molecule has 1 fully saturated rings. The zero-order chi connectivity index (χ0) is 14.0. The van der Waals surface area contributed by atoms with Gasteiger partial charge in [0.2, 0.25) is 5.91 Å². The van der Waals surface area contributed by atoms with Crippen LogP contribution in [0.15, 0.2) is 35.4 Å². The van der Waals surface area contributed by atoms with Crippen molar-refractivity contribution in [3.05, 3.63) is 46.8 Å². The highest BCUT2D eigenvalue weighted by molar-refractivity contribution is 5.94. The molecule has 4 heteroatoms. The fourth-order valence-corrected chi connectivity index (χ4v) is 2.13. The molecule has 19 heavy (non-hydrogen) atoms. The van der Waals surface area contributed by atoms with E-state index in [1.165, 1.54) is 6.07 Å². The molecule has 0 bridgehead atoms. The number of carbonyl (C=O) groups is 1. The summed E-state index contributed by atoms with van der Waals surface area (Å²) in [7, 11) is 1.72. The topological polar surface area (TPSA) is 32.3 Å². The third-order valence-corrected chi connectivity index (χ3v) is 3.78. The molecule has 0 radical (unpaired) electrons. The van der Waals surface area contributed by atoms with Gasteiger partial charge in [-0.3, -0.25) is 4.79 Å². The Morgan fingerprint density at radius 1 is 1.37 bits per heavy atom. The van der Waals surface area contributed by atoms with Crippen LogP contribution < -0.4 is 5.32 Å². The lowest BCUT2D eigenvalue weighted by molar-refractivity contribution is -0.127. The zero-order valence-electron chi connectivity index (χ0n) is 11.5. The summed E-state index contributed by atoms with van der Waals surface area (Å²) in [4.78, 5) is 13.9. The van der Waals surface area contributed by atoms with Crippen molar-refractivity contribution in [2.24, 2.45) is 0 Å². The van der Waals surface area contributed by atoms with Crippen molar-refractivity contribution in [2.45, 2.75) is 19.9 Å². The van der Waals surface area contributed by atoms with Gasteiger partial charge in [0.25, 0.3) is 0 Å². The molecule has 1 heterocycles. The molecule has 0 saturated carbocycles. The molecule has 1 aliphatic rings. The Morgan fingerprint density at radius 3 is 2.53 bits per heavy atom. The van der Waals surface area contributed by atoms with Crippen LogP contribution in [-0.2, 0) is 4.79 Å². The number of hydrogen-bond acceptors (Lipinski definition) is 2. The highest BCUT2D eigenvalue weighted by Gasteiger charge is 2.23. The molecule has 1 aromatic carbocycles. The lowest BCUT2D eigenvalue weighted by atomic mass is 10.0. The Hall–Kier alpha value is -1.68. The highest BCUT2D eigenvalue weighted by Crippen LogP contribution is 2.23. The van der Waals surface area contributed by atoms with Gasteiger partial charge in [-0.25, -0.2) is 4.39 Å². The maximum atomic E-state index is 13.7. The molecule has 1 N–H and O–H groups in total. The van der Waals surface area contributed by atoms with Gasteiger partial charge < -0.3 is 10.2 Å². The molecule has 2 rings (SSSR count). The summed E-state index contributed by atoms with van der Waals surface area (Å²) in [5.41, 5.74) is 2.45. The van der Waals surface area contributed by atoms with Crippen LogP contribution in [0.3, 0.4) is 0 Å². The maximum Gasteiger partial charge on any atom is 0.249 e. The second-order valence-corrected chi connectivity index (χ2v) is 4.95. The van der Waals surface area contributed by atoms with Crippen molar-refractivity contribution in [3.8, 4) is 0 Å². The fraction of sp³-hybridized carbons (Fsp3) is 0.400. The fourth-order valence-electron chi connectivity index (χ4n) is 2.13. The normalized spacial score (nSPS) is 15.7. The minimum absolute atomic E-state index is 0.0350. The molecule has 3 nitrogen and oxygen atoms in total. The predicted octanol–water partition coefficient (Wildman–Crippen LogP) is 2.26. The second kappa shape index (κ2) is 5.53. The van der Waals surface area contributed by atoms with Crippen molar-refractivity contribution in [1.29, 1.82) is 0 Å². The average molecular weight is 262 g/mol. The van der Waals surface area contributed by atoms with E-state index in [0.717, 1.165) is 24.2 Å². The average Bonchev–Trinajstić information content (AvgIpc) is 2.34. The molecule has 1 amide bonds. The van der Waals surface area contributed by atoms with Gasteiger partial charge in [0, 0.05) is 31.3 Å². The summed E-state index contributed by atoms with van der Waals surface area (Å²) in [5, 5.41) is 3.12. The molecule has 0 aliphatic carbocycles. The molecule has 102 valence electrons. The lowest BCUT2D eigenvalue weighted by Crippen LogP contribution is -2.38. The van der Waals surface area contributed by atoms with Crippen LogP contribution in [0.2, 0.25) is 0 Å². The van der Waals surface area contributed by atoms with Crippen LogP contribution in [0.1, 0.15) is 25.5 Å². The first-order valence-corrected chi connectivity index (χ1v) is 6.43. The molecule has 1 unspecified atom stereocenters. The van der Waals surface area contributed by atoms with Gasteiger partial charge in [-0.05, 0) is 25.5 Å². The van der Waals surface area contributed by atoms with E-state index in [2.05, 4.69) is 5.32 Å². The summed E-state index contributed by atoms with van der Waals surface area (Å²) in [5.74, 6) is -0.308. The molecule has 0 aromatic heterocycles. The third kappa shape index (κ3) is 2.68. The summed E-state index contributed by atoms with van der Waals surface area (Å²) >= 11 is 0. The largest absolute Gasteiger partial charge is 0.335 e. The Balaban J connectivity index is 2.17. The Labute approximate surface area is 113 Å². The number of carbonyl (C=O) groups excluding carboxylic acids is 1. The molecule has 0 spiro atoms. The minimum Gasteiger partial charge on any atom is -0.335 e. The number of amides is 1. The van der Waals surface area contributed by atoms with Crippen molar-refractivity contribution in [3.63, 3.8) is 0 Å². The van der Waals surface area contributed by atoms with Crippen molar-refractivity contribution in [1.82, 2.24) is 10.2 Å². The van der Waals surface area contributed by atoms with Crippen molar-refractivity contribution < 1.29 is 9.18 Å². The van der Waals surface area contributed by atoms with E-state index in [1.807, 2.05) is 13.8 Å². The molecule has 1 atom stereocenters. The van der Waals surface area contributed by atoms with Gasteiger partial charge in [0.05, 0.1) is 6.04 Å². The molecular formula is C15H19FN2O. The first-order valence-electron chi connectivity index (χ1n) is 6.43. The number of likely N-dealkylation sites (N-methyl/N-ethyl adjacent to an activating group) is 1. The SMILES string of the molecule is CC(C(=O)N(C)C(C)c1ccccc1F)=C1CNC1. The van der Waals surface area contributed by atoms with E-state index in [0.29, 0.717) is 5.56 Å². The maximum absolute atomic E-state index is 13.7. The van der Waals surface area contributed by atoms with Gasteiger partial charge in [-0.15, -0.1) is 0 Å². The van der Waals surface area contributed by atoms with Crippen molar-refractivity contribution >= 4 is 5.91 Å². The van der Waals surface area contributed by atoms with Crippen LogP contribution in [0, 0.1) is 5.82 Å². The summed E-state index contributed by atoms with van der Waals surface area (Å²) in [6, 6.07) is 6.30. The number of rotatable bonds is 3. The summed E-state index contributed by atoms with van der Waals surface area (Å²) in [6.45, 7) is 5.23. The first-order chi connectivity index (χ1) is 9.02. The Kier molecular flexibility index (Phi) is 4.00. The Bertz CT molecular complexity index is 519. The van der Waals surface area contributed by atoms with E-state index in [-0.39, 0.29) is 17.8 Å². The molecule has 1 aromatic rings. The van der Waals surface area contributed by atoms with Gasteiger partial charge >= 0.3 is 0 Å². The summed E-state index contributed by atoms with van der Waals surface area (Å²) < 4.78 is 13.7. The van der Waals surface area contributed by atoms with E-state index in [4.69, 9.17) is 0 Å². The number of nitrogens with one attached hydrogen (secondary N) is 1. The molecule has 1 saturated heterocycles. The van der Waals surface area contributed by atoms with Crippen LogP contribution in [-0.4, -0.2) is 30.9 Å². The third-order valence-electron chi connectivity index (χ3n) is 3.78. The van der Waals surface area contributed by atoms with Gasteiger partial charge in [-0.2, -0.15) is 0 Å². The highest BCUT2D eigenvalue weighted by atomic mass is 19.1. The van der Waals surface area contributed by atoms with E-state index >= 15 is 0 Å². The second-order valence-electron chi connectivity index (χ2n) is 4.95. The zero-order valence-corrected chi connectivity index (χ0v) is 11.5. The van der Waals surface area contributed by atoms with Crippen molar-refractivity contribution in [2.75, 3.05) is 20.1 Å². The Morgan fingerprint density at radius 2 is 2.00 bits per heavy atom. The smallest absolute Gasteiger partial charge is 0.249 e.